The van der Waals surface area contributed by atoms with Gasteiger partial charge in [0.2, 0.25) is 5.91 Å². The minimum absolute atomic E-state index is 0.0147. The van der Waals surface area contributed by atoms with Crippen molar-refractivity contribution in [2.24, 2.45) is 0 Å². The van der Waals surface area contributed by atoms with E-state index in [2.05, 4.69) is 10.2 Å². The van der Waals surface area contributed by atoms with Crippen LogP contribution in [0.1, 0.15) is 17.2 Å². The van der Waals surface area contributed by atoms with Gasteiger partial charge >= 0.3 is 0 Å². The summed E-state index contributed by atoms with van der Waals surface area (Å²) in [5.41, 5.74) is 1.99. The highest BCUT2D eigenvalue weighted by atomic mass is 35.5. The SMILES string of the molecule is COc1ccccc1C(CNC(=O)Cc1ccc(Cl)cc1)N(C)C. The van der Waals surface area contributed by atoms with E-state index >= 15 is 0 Å². The van der Waals surface area contributed by atoms with Crippen molar-refractivity contribution in [2.45, 2.75) is 12.5 Å². The molecule has 0 bridgehead atoms. The summed E-state index contributed by atoms with van der Waals surface area (Å²) in [4.78, 5) is 14.3. The van der Waals surface area contributed by atoms with E-state index in [0.29, 0.717) is 18.0 Å². The van der Waals surface area contributed by atoms with E-state index in [1.807, 2.05) is 50.5 Å². The maximum absolute atomic E-state index is 12.2. The molecule has 1 unspecified atom stereocenters. The number of nitrogens with zero attached hydrogens (tertiary/aromatic N) is 1. The van der Waals surface area contributed by atoms with Gasteiger partial charge in [-0.15, -0.1) is 0 Å². The molecule has 0 heterocycles. The first kappa shape index (κ1) is 18.3. The average Bonchev–Trinajstić information content (AvgIpc) is 2.57. The van der Waals surface area contributed by atoms with E-state index in [1.54, 1.807) is 19.2 Å². The number of halogens is 1. The lowest BCUT2D eigenvalue weighted by molar-refractivity contribution is -0.120. The van der Waals surface area contributed by atoms with Gasteiger partial charge in [-0.3, -0.25) is 4.79 Å². The molecule has 2 aromatic rings. The fraction of sp³-hybridized carbons (Fsp3) is 0.316. The van der Waals surface area contributed by atoms with Gasteiger partial charge < -0.3 is 15.0 Å². The van der Waals surface area contributed by atoms with Crippen LogP contribution in [0.2, 0.25) is 5.02 Å². The first-order chi connectivity index (χ1) is 11.5. The topological polar surface area (TPSA) is 41.6 Å². The minimum atomic E-state index is -0.0147. The second kappa shape index (κ2) is 8.71. The Morgan fingerprint density at radius 1 is 1.17 bits per heavy atom. The Bertz CT molecular complexity index is 671. The van der Waals surface area contributed by atoms with Crippen molar-refractivity contribution in [3.63, 3.8) is 0 Å². The van der Waals surface area contributed by atoms with Crippen LogP contribution < -0.4 is 10.1 Å². The summed E-state index contributed by atoms with van der Waals surface area (Å²) >= 11 is 5.86. The van der Waals surface area contributed by atoms with E-state index in [1.165, 1.54) is 0 Å². The highest BCUT2D eigenvalue weighted by Crippen LogP contribution is 2.27. The third-order valence-electron chi connectivity index (χ3n) is 3.89. The van der Waals surface area contributed by atoms with Crippen LogP contribution in [0.4, 0.5) is 0 Å². The number of methoxy groups -OCH3 is 1. The maximum atomic E-state index is 12.2. The van der Waals surface area contributed by atoms with Gasteiger partial charge in [-0.1, -0.05) is 41.9 Å². The third-order valence-corrected chi connectivity index (χ3v) is 4.14. The molecular formula is C19H23ClN2O2. The lowest BCUT2D eigenvalue weighted by atomic mass is 10.0. The highest BCUT2D eigenvalue weighted by Gasteiger charge is 2.19. The predicted octanol–water partition coefficient (Wildman–Crippen LogP) is 3.31. The number of nitrogens with one attached hydrogen (secondary N) is 1. The molecule has 0 aliphatic heterocycles. The van der Waals surface area contributed by atoms with Crippen LogP contribution in [0.25, 0.3) is 0 Å². The average molecular weight is 347 g/mol. The summed E-state index contributed by atoms with van der Waals surface area (Å²) in [6.45, 7) is 0.514. The zero-order valence-electron chi connectivity index (χ0n) is 14.3. The fourth-order valence-electron chi connectivity index (χ4n) is 2.57. The lowest BCUT2D eigenvalue weighted by Gasteiger charge is -2.26. The molecule has 0 saturated carbocycles. The molecule has 0 aliphatic carbocycles. The van der Waals surface area contributed by atoms with Crippen LogP contribution in [-0.2, 0) is 11.2 Å². The van der Waals surface area contributed by atoms with Gasteiger partial charge in [0, 0.05) is 17.1 Å². The number of benzene rings is 2. The third kappa shape index (κ3) is 4.98. The highest BCUT2D eigenvalue weighted by molar-refractivity contribution is 6.30. The number of carbonyl (C=O) groups is 1. The number of amides is 1. The van der Waals surface area contributed by atoms with Crippen molar-refractivity contribution in [1.29, 1.82) is 0 Å². The summed E-state index contributed by atoms with van der Waals surface area (Å²) in [5, 5.41) is 3.68. The molecular weight excluding hydrogens is 324 g/mol. The molecule has 0 saturated heterocycles. The van der Waals surface area contributed by atoms with Crippen LogP contribution in [0.5, 0.6) is 5.75 Å². The molecule has 0 aromatic heterocycles. The standard InChI is InChI=1S/C19H23ClN2O2/c1-22(2)17(16-6-4-5-7-18(16)24-3)13-21-19(23)12-14-8-10-15(20)11-9-14/h4-11,17H,12-13H2,1-3H3,(H,21,23). The van der Waals surface area contributed by atoms with Gasteiger partial charge in [-0.2, -0.15) is 0 Å². The molecule has 4 nitrogen and oxygen atoms in total. The van der Waals surface area contributed by atoms with Crippen molar-refractivity contribution in [3.05, 3.63) is 64.7 Å². The van der Waals surface area contributed by atoms with E-state index in [-0.39, 0.29) is 11.9 Å². The number of ether oxygens (including phenoxy) is 1. The second-order valence-electron chi connectivity index (χ2n) is 5.83. The van der Waals surface area contributed by atoms with Crippen molar-refractivity contribution in [3.8, 4) is 5.75 Å². The quantitative estimate of drug-likeness (QED) is 0.836. The van der Waals surface area contributed by atoms with Gasteiger partial charge in [-0.25, -0.2) is 0 Å². The number of hydrogen-bond acceptors (Lipinski definition) is 3. The molecule has 2 aromatic carbocycles. The van der Waals surface area contributed by atoms with E-state index in [9.17, 15) is 4.79 Å². The maximum Gasteiger partial charge on any atom is 0.224 e. The Morgan fingerprint density at radius 3 is 2.46 bits per heavy atom. The van der Waals surface area contributed by atoms with Gasteiger partial charge in [-0.05, 0) is 37.9 Å². The zero-order chi connectivity index (χ0) is 17.5. The fourth-order valence-corrected chi connectivity index (χ4v) is 2.70. The Balaban J connectivity index is 2.01. The molecule has 1 N–H and O–H groups in total. The number of para-hydroxylation sites is 1. The zero-order valence-corrected chi connectivity index (χ0v) is 15.0. The first-order valence-electron chi connectivity index (χ1n) is 7.81. The molecule has 0 radical (unpaired) electrons. The monoisotopic (exact) mass is 346 g/mol. The molecule has 2 rings (SSSR count). The molecule has 5 heteroatoms. The van der Waals surface area contributed by atoms with Crippen LogP contribution in [0.3, 0.4) is 0 Å². The van der Waals surface area contributed by atoms with Crippen LogP contribution >= 0.6 is 11.6 Å². The molecule has 0 spiro atoms. The van der Waals surface area contributed by atoms with Gasteiger partial charge in [0.05, 0.1) is 19.6 Å². The molecule has 128 valence electrons. The van der Waals surface area contributed by atoms with Gasteiger partial charge in [0.15, 0.2) is 0 Å². The van der Waals surface area contributed by atoms with Crippen LogP contribution in [-0.4, -0.2) is 38.6 Å². The predicted molar refractivity (Wildman–Crippen MR) is 97.6 cm³/mol. The Kier molecular flexibility index (Phi) is 6.64. The van der Waals surface area contributed by atoms with Crippen LogP contribution in [0, 0.1) is 0 Å². The molecule has 1 amide bonds. The summed E-state index contributed by atoms with van der Waals surface area (Å²) < 4.78 is 5.44. The Labute approximate surface area is 148 Å². The van der Waals surface area contributed by atoms with Crippen molar-refractivity contribution in [1.82, 2.24) is 10.2 Å². The molecule has 0 fully saturated rings. The largest absolute Gasteiger partial charge is 0.496 e. The normalized spacial score (nSPS) is 12.0. The van der Waals surface area contributed by atoms with Gasteiger partial charge in [0.1, 0.15) is 5.75 Å². The summed E-state index contributed by atoms with van der Waals surface area (Å²) in [6, 6.07) is 15.2. The summed E-state index contributed by atoms with van der Waals surface area (Å²) in [5.74, 6) is 0.808. The number of likely N-dealkylation sites (N-methyl/N-ethyl adjacent to an activating group) is 1. The molecule has 1 atom stereocenters. The minimum Gasteiger partial charge on any atom is -0.496 e. The number of rotatable bonds is 7. The summed E-state index contributed by atoms with van der Waals surface area (Å²) in [7, 11) is 5.63. The summed E-state index contributed by atoms with van der Waals surface area (Å²) in [6.07, 6.45) is 0.337. The second-order valence-corrected chi connectivity index (χ2v) is 6.27. The lowest BCUT2D eigenvalue weighted by Crippen LogP contribution is -2.35. The van der Waals surface area contributed by atoms with Crippen molar-refractivity contribution in [2.75, 3.05) is 27.7 Å². The van der Waals surface area contributed by atoms with Crippen LogP contribution in [0.15, 0.2) is 48.5 Å². The first-order valence-corrected chi connectivity index (χ1v) is 8.19. The van der Waals surface area contributed by atoms with E-state index < -0.39 is 0 Å². The molecule has 0 aliphatic rings. The van der Waals surface area contributed by atoms with Gasteiger partial charge in [0.25, 0.3) is 0 Å². The van der Waals surface area contributed by atoms with E-state index in [4.69, 9.17) is 16.3 Å². The molecule has 24 heavy (non-hydrogen) atoms. The van der Waals surface area contributed by atoms with Crippen molar-refractivity contribution >= 4 is 17.5 Å². The smallest absolute Gasteiger partial charge is 0.224 e. The number of carbonyl (C=O) groups excluding carboxylic acids is 1. The Morgan fingerprint density at radius 2 is 1.83 bits per heavy atom. The Hall–Kier alpha value is -2.04. The number of hydrogen-bond donors (Lipinski definition) is 1. The van der Waals surface area contributed by atoms with Crippen molar-refractivity contribution < 1.29 is 9.53 Å². The van der Waals surface area contributed by atoms with E-state index in [0.717, 1.165) is 16.9 Å².